The van der Waals surface area contributed by atoms with Crippen LogP contribution in [-0.4, -0.2) is 33.2 Å². The maximum Gasteiger partial charge on any atom is 0.340 e. The topological polar surface area (TPSA) is 142 Å². The van der Waals surface area contributed by atoms with Gasteiger partial charge in [-0.3, -0.25) is 4.79 Å². The van der Waals surface area contributed by atoms with Crippen molar-refractivity contribution in [3.05, 3.63) is 111 Å². The average molecular weight is 567 g/mol. The molecule has 2 heterocycles. The molecule has 1 atom stereocenters. The standard InChI is InChI=1S/C28H13F4NO8/c29-19-17(18(26(37)38)20(30)22(32)21(19)31)25(36)33-23-15(35)8-7-14-24(23)40-16-9-10(34)5-6-13(16)28(14)12-4-2-1-3-11(12)27(39)41-28/h1-9,34-35H,(H,33,36)(H,37,38). The van der Waals surface area contributed by atoms with Gasteiger partial charge in [-0.2, -0.15) is 0 Å². The maximum absolute atomic E-state index is 14.7. The number of phenols is 2. The predicted molar refractivity (Wildman–Crippen MR) is 129 cm³/mol. The first-order valence-corrected chi connectivity index (χ1v) is 11.6. The van der Waals surface area contributed by atoms with Gasteiger partial charge in [0.25, 0.3) is 5.91 Å². The minimum absolute atomic E-state index is 0.0255. The number of amides is 1. The lowest BCUT2D eigenvalue weighted by Gasteiger charge is -2.37. The number of aromatic hydroxyl groups is 2. The fourth-order valence-electron chi connectivity index (χ4n) is 5.06. The van der Waals surface area contributed by atoms with Crippen molar-refractivity contribution >= 4 is 23.5 Å². The van der Waals surface area contributed by atoms with Crippen LogP contribution in [0.5, 0.6) is 23.0 Å². The quantitative estimate of drug-likeness (QED) is 0.0873. The van der Waals surface area contributed by atoms with E-state index < -0.39 is 75.0 Å². The zero-order valence-electron chi connectivity index (χ0n) is 20.1. The molecule has 13 heteroatoms. The predicted octanol–water partition coefficient (Wildman–Crippen LogP) is 5.17. The Kier molecular flexibility index (Phi) is 5.45. The van der Waals surface area contributed by atoms with E-state index in [9.17, 15) is 47.3 Å². The number of benzene rings is 4. The molecule has 0 saturated heterocycles. The SMILES string of the molecule is O=C1OC2(c3ccc(O)cc3Oc3c2ccc(O)c3NC(=O)c2c(F)c(F)c(F)c(F)c2C(=O)O)c2ccccc21. The number of ether oxygens (including phenoxy) is 2. The molecular formula is C28H13F4NO8. The summed E-state index contributed by atoms with van der Waals surface area (Å²) in [5, 5.41) is 32.1. The van der Waals surface area contributed by atoms with Gasteiger partial charge in [0.1, 0.15) is 28.5 Å². The molecule has 4 aromatic rings. The fraction of sp³-hybridized carbons (Fsp3) is 0.0357. The highest BCUT2D eigenvalue weighted by Gasteiger charge is 2.54. The van der Waals surface area contributed by atoms with E-state index in [2.05, 4.69) is 0 Å². The van der Waals surface area contributed by atoms with Crippen LogP contribution in [-0.2, 0) is 10.3 Å². The Hall–Kier alpha value is -5.59. The Balaban J connectivity index is 1.58. The molecule has 2 aliphatic rings. The van der Waals surface area contributed by atoms with Crippen molar-refractivity contribution in [3.63, 3.8) is 0 Å². The van der Waals surface area contributed by atoms with Crippen molar-refractivity contribution in [1.82, 2.24) is 0 Å². The Morgan fingerprint density at radius 3 is 2.17 bits per heavy atom. The highest BCUT2D eigenvalue weighted by molar-refractivity contribution is 6.12. The van der Waals surface area contributed by atoms with Crippen LogP contribution < -0.4 is 10.1 Å². The second kappa shape index (κ2) is 8.71. The number of anilines is 1. The molecule has 4 N–H and O–H groups in total. The molecule has 2 aliphatic heterocycles. The molecule has 4 aromatic carbocycles. The summed E-state index contributed by atoms with van der Waals surface area (Å²) in [5.74, 6) is -15.8. The van der Waals surface area contributed by atoms with Gasteiger partial charge in [-0.05, 0) is 30.3 Å². The van der Waals surface area contributed by atoms with Crippen LogP contribution in [0.4, 0.5) is 23.2 Å². The summed E-state index contributed by atoms with van der Waals surface area (Å²) in [6.07, 6.45) is 0. The maximum atomic E-state index is 14.7. The molecule has 0 saturated carbocycles. The lowest BCUT2D eigenvalue weighted by Crippen LogP contribution is -2.33. The molecule has 0 bridgehead atoms. The Morgan fingerprint density at radius 2 is 1.46 bits per heavy atom. The zero-order valence-corrected chi connectivity index (χ0v) is 20.1. The molecule has 9 nitrogen and oxygen atoms in total. The van der Waals surface area contributed by atoms with Gasteiger partial charge in [0.05, 0.1) is 16.7 Å². The second-order valence-electron chi connectivity index (χ2n) is 9.00. The zero-order chi connectivity index (χ0) is 29.4. The van der Waals surface area contributed by atoms with Crippen LogP contribution in [0.3, 0.4) is 0 Å². The van der Waals surface area contributed by atoms with Gasteiger partial charge >= 0.3 is 11.9 Å². The number of carboxylic acid groups (broad SMARTS) is 1. The summed E-state index contributed by atoms with van der Waals surface area (Å²) in [6.45, 7) is 0. The summed E-state index contributed by atoms with van der Waals surface area (Å²) in [4.78, 5) is 37.6. The smallest absolute Gasteiger partial charge is 0.340 e. The van der Waals surface area contributed by atoms with Crippen LogP contribution in [0.15, 0.2) is 54.6 Å². The molecule has 0 fully saturated rings. The highest BCUT2D eigenvalue weighted by Crippen LogP contribution is 2.59. The van der Waals surface area contributed by atoms with E-state index in [4.69, 9.17) is 9.47 Å². The number of hydrogen-bond donors (Lipinski definition) is 4. The molecule has 1 unspecified atom stereocenters. The van der Waals surface area contributed by atoms with E-state index in [1.807, 2.05) is 5.32 Å². The second-order valence-corrected chi connectivity index (χ2v) is 9.00. The van der Waals surface area contributed by atoms with Gasteiger partial charge in [0.15, 0.2) is 34.6 Å². The number of esters is 1. The van der Waals surface area contributed by atoms with Crippen LogP contribution in [0.2, 0.25) is 0 Å². The van der Waals surface area contributed by atoms with Crippen molar-refractivity contribution in [3.8, 4) is 23.0 Å². The van der Waals surface area contributed by atoms with Crippen LogP contribution in [0, 0.1) is 23.3 Å². The molecule has 6 rings (SSSR count). The summed E-state index contributed by atoms with van der Waals surface area (Å²) in [7, 11) is 0. The molecule has 0 aliphatic carbocycles. The third-order valence-corrected chi connectivity index (χ3v) is 6.79. The number of halogens is 4. The molecular weight excluding hydrogens is 554 g/mol. The fourth-order valence-corrected chi connectivity index (χ4v) is 5.06. The van der Waals surface area contributed by atoms with Crippen molar-refractivity contribution in [2.45, 2.75) is 5.60 Å². The number of carbonyl (C=O) groups excluding carboxylic acids is 2. The third-order valence-electron chi connectivity index (χ3n) is 6.79. The normalized spacial score (nSPS) is 16.3. The Morgan fingerprint density at radius 1 is 0.805 bits per heavy atom. The lowest BCUT2D eigenvalue weighted by molar-refractivity contribution is 0.0224. The minimum Gasteiger partial charge on any atom is -0.508 e. The van der Waals surface area contributed by atoms with Gasteiger partial charge in [0.2, 0.25) is 0 Å². The van der Waals surface area contributed by atoms with E-state index in [1.165, 1.54) is 24.3 Å². The van der Waals surface area contributed by atoms with Crippen molar-refractivity contribution in [1.29, 1.82) is 0 Å². The summed E-state index contributed by atoms with van der Waals surface area (Å²) in [5.41, 5.74) is -5.13. The summed E-state index contributed by atoms with van der Waals surface area (Å²) < 4.78 is 68.5. The highest BCUT2D eigenvalue weighted by atomic mass is 19.2. The van der Waals surface area contributed by atoms with Gasteiger partial charge in [0, 0.05) is 17.2 Å². The number of aromatic carboxylic acids is 1. The van der Waals surface area contributed by atoms with Gasteiger partial charge in [-0.25, -0.2) is 27.2 Å². The number of carbonyl (C=O) groups is 3. The number of nitrogens with one attached hydrogen (secondary N) is 1. The van der Waals surface area contributed by atoms with E-state index in [0.29, 0.717) is 5.56 Å². The number of rotatable bonds is 3. The van der Waals surface area contributed by atoms with Gasteiger partial charge in [-0.15, -0.1) is 0 Å². The Bertz CT molecular complexity index is 1880. The van der Waals surface area contributed by atoms with Crippen LogP contribution in [0.1, 0.15) is 47.8 Å². The van der Waals surface area contributed by atoms with Crippen LogP contribution in [0.25, 0.3) is 0 Å². The number of fused-ring (bicyclic) bond motifs is 6. The first-order valence-electron chi connectivity index (χ1n) is 11.6. The molecule has 1 amide bonds. The number of phenolic OH excluding ortho intramolecular Hbond substituents is 2. The van der Waals surface area contributed by atoms with Crippen molar-refractivity contribution in [2.24, 2.45) is 0 Å². The first kappa shape index (κ1) is 25.7. The average Bonchev–Trinajstić information content (AvgIpc) is 3.23. The van der Waals surface area contributed by atoms with E-state index in [-0.39, 0.29) is 28.2 Å². The van der Waals surface area contributed by atoms with E-state index in [0.717, 1.165) is 12.1 Å². The molecule has 0 radical (unpaired) electrons. The largest absolute Gasteiger partial charge is 0.508 e. The van der Waals surface area contributed by atoms with Crippen molar-refractivity contribution in [2.75, 3.05) is 5.32 Å². The lowest BCUT2D eigenvalue weighted by atomic mass is 9.77. The van der Waals surface area contributed by atoms with Gasteiger partial charge < -0.3 is 30.1 Å². The number of hydrogen-bond acceptors (Lipinski definition) is 7. The third kappa shape index (κ3) is 3.45. The molecule has 0 aromatic heterocycles. The monoisotopic (exact) mass is 567 g/mol. The van der Waals surface area contributed by atoms with E-state index >= 15 is 0 Å². The number of carboxylic acids is 1. The van der Waals surface area contributed by atoms with Crippen LogP contribution >= 0.6 is 0 Å². The summed E-state index contributed by atoms with van der Waals surface area (Å²) >= 11 is 0. The molecule has 1 spiro atoms. The Labute approximate surface area is 225 Å². The van der Waals surface area contributed by atoms with Gasteiger partial charge in [-0.1, -0.05) is 18.2 Å². The minimum atomic E-state index is -2.44. The first-order chi connectivity index (χ1) is 19.5. The van der Waals surface area contributed by atoms with E-state index in [1.54, 1.807) is 18.2 Å². The molecule has 41 heavy (non-hydrogen) atoms. The molecule has 206 valence electrons. The summed E-state index contributed by atoms with van der Waals surface area (Å²) in [6, 6.07) is 12.5. The van der Waals surface area contributed by atoms with Crippen molar-refractivity contribution < 1.29 is 56.7 Å².